The predicted octanol–water partition coefficient (Wildman–Crippen LogP) is -0.278. The van der Waals surface area contributed by atoms with Crippen LogP contribution in [0.3, 0.4) is 0 Å². The Morgan fingerprint density at radius 3 is 3.13 bits per heavy atom. The summed E-state index contributed by atoms with van der Waals surface area (Å²) in [5.74, 6) is 0.543. The topological polar surface area (TPSA) is 90.9 Å². The van der Waals surface area contributed by atoms with Crippen molar-refractivity contribution < 1.29 is 5.11 Å². The maximum atomic E-state index is 11.4. The monoisotopic (exact) mass is 206 g/mol. The van der Waals surface area contributed by atoms with E-state index >= 15 is 0 Å². The van der Waals surface area contributed by atoms with Gasteiger partial charge in [-0.2, -0.15) is 5.10 Å². The third-order valence-electron chi connectivity index (χ3n) is 1.99. The van der Waals surface area contributed by atoms with Gasteiger partial charge >= 0.3 is 0 Å². The molecule has 78 valence electrons. The molecule has 2 rings (SSSR count). The number of aliphatic hydroxyl groups excluding tert-OH is 1. The lowest BCUT2D eigenvalue weighted by Crippen LogP contribution is -2.14. The number of hydrogen-bond acceptors (Lipinski definition) is 5. The van der Waals surface area contributed by atoms with Crippen molar-refractivity contribution in [2.45, 2.75) is 0 Å². The number of rotatable bonds is 3. The number of H-pyrrole nitrogens is 1. The molecule has 2 heterocycles. The van der Waals surface area contributed by atoms with E-state index in [2.05, 4.69) is 20.5 Å². The highest BCUT2D eigenvalue weighted by Gasteiger charge is 2.04. The molecule has 0 atom stereocenters. The van der Waals surface area contributed by atoms with E-state index in [0.717, 1.165) is 0 Å². The molecule has 6 nitrogen and oxygen atoms in total. The van der Waals surface area contributed by atoms with E-state index in [1.807, 2.05) is 0 Å². The molecule has 0 radical (unpaired) electrons. The summed E-state index contributed by atoms with van der Waals surface area (Å²) >= 11 is 0. The minimum absolute atomic E-state index is 0.00732. The normalized spacial score (nSPS) is 10.5. The average molecular weight is 206 g/mol. The zero-order chi connectivity index (χ0) is 10.7. The molecular formula is C9H10N4O2. The van der Waals surface area contributed by atoms with Crippen molar-refractivity contribution in [2.24, 2.45) is 0 Å². The van der Waals surface area contributed by atoms with E-state index in [1.54, 1.807) is 12.3 Å². The summed E-state index contributed by atoms with van der Waals surface area (Å²) < 4.78 is 0. The van der Waals surface area contributed by atoms with E-state index in [9.17, 15) is 4.79 Å². The van der Waals surface area contributed by atoms with Crippen LogP contribution in [0.1, 0.15) is 0 Å². The molecule has 0 amide bonds. The molecule has 15 heavy (non-hydrogen) atoms. The van der Waals surface area contributed by atoms with Crippen LogP contribution < -0.4 is 10.9 Å². The lowest BCUT2D eigenvalue weighted by atomic mass is 10.2. The standard InChI is InChI=1S/C9H10N4O2/c14-4-3-11-8-6-1-2-10-5-7(6)9(15)13-12-8/h1-2,5,14H,3-4H2,(H,11,12)(H,13,15). The fraction of sp³-hybridized carbons (Fsp3) is 0.222. The van der Waals surface area contributed by atoms with Gasteiger partial charge in [-0.15, -0.1) is 0 Å². The Bertz CT molecular complexity index is 523. The van der Waals surface area contributed by atoms with Crippen molar-refractivity contribution in [3.8, 4) is 0 Å². The number of aliphatic hydroxyl groups is 1. The molecule has 2 aromatic rings. The van der Waals surface area contributed by atoms with Gasteiger partial charge in [0.2, 0.25) is 0 Å². The Labute approximate surface area is 85.0 Å². The molecule has 0 fully saturated rings. The molecule has 0 saturated heterocycles. The molecule has 0 aliphatic carbocycles. The summed E-state index contributed by atoms with van der Waals surface area (Å²) in [7, 11) is 0. The van der Waals surface area contributed by atoms with Gasteiger partial charge in [0, 0.05) is 24.3 Å². The van der Waals surface area contributed by atoms with Gasteiger partial charge in [-0.05, 0) is 6.07 Å². The Morgan fingerprint density at radius 1 is 1.47 bits per heavy atom. The number of anilines is 1. The van der Waals surface area contributed by atoms with Crippen LogP contribution in [0, 0.1) is 0 Å². The van der Waals surface area contributed by atoms with E-state index in [1.165, 1.54) is 6.20 Å². The van der Waals surface area contributed by atoms with E-state index < -0.39 is 0 Å². The van der Waals surface area contributed by atoms with Crippen molar-refractivity contribution in [3.63, 3.8) is 0 Å². The second kappa shape index (κ2) is 4.05. The first-order valence-electron chi connectivity index (χ1n) is 4.50. The molecule has 0 unspecified atom stereocenters. The number of aromatic amines is 1. The summed E-state index contributed by atoms with van der Waals surface area (Å²) in [4.78, 5) is 15.2. The maximum absolute atomic E-state index is 11.4. The van der Waals surface area contributed by atoms with E-state index in [0.29, 0.717) is 23.1 Å². The molecule has 0 aliphatic heterocycles. The Hall–Kier alpha value is -1.95. The van der Waals surface area contributed by atoms with Crippen LogP contribution in [0.15, 0.2) is 23.3 Å². The highest BCUT2D eigenvalue weighted by molar-refractivity contribution is 5.89. The Balaban J connectivity index is 2.56. The first-order valence-corrected chi connectivity index (χ1v) is 4.50. The van der Waals surface area contributed by atoms with Crippen LogP contribution in [0.5, 0.6) is 0 Å². The van der Waals surface area contributed by atoms with Gasteiger partial charge in [-0.3, -0.25) is 9.78 Å². The summed E-state index contributed by atoms with van der Waals surface area (Å²) in [6.45, 7) is 0.393. The van der Waals surface area contributed by atoms with Crippen molar-refractivity contribution in [3.05, 3.63) is 28.8 Å². The molecule has 0 aliphatic rings. The van der Waals surface area contributed by atoms with Crippen LogP contribution in [-0.2, 0) is 0 Å². The van der Waals surface area contributed by atoms with Gasteiger partial charge in [0.1, 0.15) is 0 Å². The van der Waals surface area contributed by atoms with Crippen LogP contribution in [-0.4, -0.2) is 33.4 Å². The van der Waals surface area contributed by atoms with Crippen molar-refractivity contribution in [1.29, 1.82) is 0 Å². The van der Waals surface area contributed by atoms with Gasteiger partial charge < -0.3 is 10.4 Å². The second-order valence-corrected chi connectivity index (χ2v) is 2.97. The Morgan fingerprint density at radius 2 is 2.33 bits per heavy atom. The average Bonchev–Trinajstić information content (AvgIpc) is 2.29. The summed E-state index contributed by atoms with van der Waals surface area (Å²) in [6.07, 6.45) is 3.08. The van der Waals surface area contributed by atoms with Crippen LogP contribution in [0.4, 0.5) is 5.82 Å². The van der Waals surface area contributed by atoms with Gasteiger partial charge in [0.25, 0.3) is 5.56 Å². The number of pyridine rings is 1. The lowest BCUT2D eigenvalue weighted by Gasteiger charge is -2.05. The van der Waals surface area contributed by atoms with Crippen LogP contribution >= 0.6 is 0 Å². The van der Waals surface area contributed by atoms with Gasteiger partial charge in [-0.1, -0.05) is 0 Å². The molecule has 0 saturated carbocycles. The van der Waals surface area contributed by atoms with Gasteiger partial charge in [0.05, 0.1) is 12.0 Å². The van der Waals surface area contributed by atoms with Gasteiger partial charge in [0.15, 0.2) is 5.82 Å². The zero-order valence-corrected chi connectivity index (χ0v) is 7.90. The lowest BCUT2D eigenvalue weighted by molar-refractivity contribution is 0.311. The van der Waals surface area contributed by atoms with Crippen molar-refractivity contribution >= 4 is 16.6 Å². The number of nitrogens with zero attached hydrogens (tertiary/aromatic N) is 2. The molecular weight excluding hydrogens is 196 g/mol. The fourth-order valence-electron chi connectivity index (χ4n) is 1.32. The predicted molar refractivity (Wildman–Crippen MR) is 55.7 cm³/mol. The summed E-state index contributed by atoms with van der Waals surface area (Å²) in [6, 6.07) is 1.71. The number of aromatic nitrogens is 3. The van der Waals surface area contributed by atoms with Crippen molar-refractivity contribution in [1.82, 2.24) is 15.2 Å². The SMILES string of the molecule is O=c1[nH]nc(NCCO)c2ccncc12. The highest BCUT2D eigenvalue weighted by Crippen LogP contribution is 2.14. The molecule has 6 heteroatoms. The van der Waals surface area contributed by atoms with Crippen LogP contribution in [0.25, 0.3) is 10.8 Å². The second-order valence-electron chi connectivity index (χ2n) is 2.97. The Kier molecular flexibility index (Phi) is 2.59. The zero-order valence-electron chi connectivity index (χ0n) is 7.90. The molecule has 0 bridgehead atoms. The van der Waals surface area contributed by atoms with Gasteiger partial charge in [-0.25, -0.2) is 5.10 Å². The smallest absolute Gasteiger partial charge is 0.273 e. The minimum Gasteiger partial charge on any atom is -0.395 e. The first-order chi connectivity index (χ1) is 7.33. The summed E-state index contributed by atoms with van der Waals surface area (Å²) in [5.41, 5.74) is -0.271. The third-order valence-corrected chi connectivity index (χ3v) is 1.99. The number of nitrogens with one attached hydrogen (secondary N) is 2. The molecule has 2 aromatic heterocycles. The largest absolute Gasteiger partial charge is 0.395 e. The molecule has 0 aromatic carbocycles. The highest BCUT2D eigenvalue weighted by atomic mass is 16.3. The van der Waals surface area contributed by atoms with E-state index in [4.69, 9.17) is 5.11 Å². The number of hydrogen-bond donors (Lipinski definition) is 3. The number of fused-ring (bicyclic) bond motifs is 1. The van der Waals surface area contributed by atoms with E-state index in [-0.39, 0.29) is 12.2 Å². The van der Waals surface area contributed by atoms with Crippen molar-refractivity contribution in [2.75, 3.05) is 18.5 Å². The minimum atomic E-state index is -0.271. The molecule has 3 N–H and O–H groups in total. The fourth-order valence-corrected chi connectivity index (χ4v) is 1.32. The van der Waals surface area contributed by atoms with Crippen LogP contribution in [0.2, 0.25) is 0 Å². The third kappa shape index (κ3) is 1.79. The maximum Gasteiger partial charge on any atom is 0.273 e. The summed E-state index contributed by atoms with van der Waals surface area (Å²) in [5, 5.41) is 19.0. The molecule has 0 spiro atoms. The first kappa shape index (κ1) is 9.60. The quantitative estimate of drug-likeness (QED) is 0.642.